The van der Waals surface area contributed by atoms with Gasteiger partial charge in [-0.2, -0.15) is 0 Å². The number of amides is 1. The molecule has 0 aliphatic rings. The smallest absolute Gasteiger partial charge is 0.404 e. The molecule has 0 spiro atoms. The fourth-order valence-electron chi connectivity index (χ4n) is 1.28. The Labute approximate surface area is 113 Å². The van der Waals surface area contributed by atoms with Crippen LogP contribution >= 0.6 is 0 Å². The molecule has 0 bridgehead atoms. The lowest BCUT2D eigenvalue weighted by molar-refractivity contribution is -0.274. The molecule has 8 heteroatoms. The monoisotopic (exact) mass is 293 g/mol. The van der Waals surface area contributed by atoms with Crippen molar-refractivity contribution in [2.45, 2.75) is 6.36 Å². The summed E-state index contributed by atoms with van der Waals surface area (Å²) in [6, 6.07) is 5.25. The Morgan fingerprint density at radius 3 is 2.60 bits per heavy atom. The van der Waals surface area contributed by atoms with Gasteiger partial charge in [-0.25, -0.2) is 0 Å². The van der Waals surface area contributed by atoms with Crippen LogP contribution in [0.4, 0.5) is 18.9 Å². The highest BCUT2D eigenvalue weighted by Crippen LogP contribution is 2.29. The number of carbonyl (C=O) groups excluding carboxylic acids is 1. The van der Waals surface area contributed by atoms with E-state index in [9.17, 15) is 18.0 Å². The number of ether oxygens (including phenoxy) is 3. The molecule has 0 aliphatic carbocycles. The molecule has 1 rings (SSSR count). The highest BCUT2D eigenvalue weighted by atomic mass is 19.4. The van der Waals surface area contributed by atoms with Gasteiger partial charge in [-0.15, -0.1) is 13.2 Å². The van der Waals surface area contributed by atoms with Crippen LogP contribution < -0.4 is 10.1 Å². The second-order valence-electron chi connectivity index (χ2n) is 3.64. The number of methoxy groups -OCH3 is 1. The Hall–Kier alpha value is -1.80. The molecule has 20 heavy (non-hydrogen) atoms. The van der Waals surface area contributed by atoms with Crippen LogP contribution in [0.5, 0.6) is 5.75 Å². The fraction of sp³-hybridized carbons (Fsp3) is 0.417. The molecule has 0 radical (unpaired) electrons. The first-order chi connectivity index (χ1) is 9.42. The van der Waals surface area contributed by atoms with Crippen molar-refractivity contribution >= 4 is 11.6 Å². The Bertz CT molecular complexity index is 437. The maximum atomic E-state index is 12.2. The first-order valence-corrected chi connectivity index (χ1v) is 5.63. The standard InChI is InChI=1S/C12H14F3NO4/c1-18-6-7-19-8-11(17)16-9-4-2-3-5-10(9)20-12(13,14)15/h2-5H,6-8H2,1H3,(H,16,17). The highest BCUT2D eigenvalue weighted by Gasteiger charge is 2.32. The molecule has 0 saturated carbocycles. The number of alkyl halides is 3. The third kappa shape index (κ3) is 6.39. The lowest BCUT2D eigenvalue weighted by Gasteiger charge is -2.13. The van der Waals surface area contributed by atoms with Crippen LogP contribution in [0.2, 0.25) is 0 Å². The van der Waals surface area contributed by atoms with E-state index >= 15 is 0 Å². The van der Waals surface area contributed by atoms with Gasteiger partial charge in [-0.3, -0.25) is 4.79 Å². The van der Waals surface area contributed by atoms with E-state index in [2.05, 4.69) is 10.1 Å². The first-order valence-electron chi connectivity index (χ1n) is 5.63. The summed E-state index contributed by atoms with van der Waals surface area (Å²) in [5.74, 6) is -1.07. The van der Waals surface area contributed by atoms with Gasteiger partial charge in [-0.1, -0.05) is 12.1 Å². The number of hydrogen-bond donors (Lipinski definition) is 1. The van der Waals surface area contributed by atoms with Crippen LogP contribution in [0, 0.1) is 0 Å². The van der Waals surface area contributed by atoms with Crippen molar-refractivity contribution in [3.05, 3.63) is 24.3 Å². The summed E-state index contributed by atoms with van der Waals surface area (Å²) in [5.41, 5.74) is -0.0785. The van der Waals surface area contributed by atoms with Crippen molar-refractivity contribution in [3.8, 4) is 5.75 Å². The fourth-order valence-corrected chi connectivity index (χ4v) is 1.28. The van der Waals surface area contributed by atoms with E-state index in [-0.39, 0.29) is 18.9 Å². The van der Waals surface area contributed by atoms with Gasteiger partial charge in [0.05, 0.1) is 18.9 Å². The maximum absolute atomic E-state index is 12.2. The molecule has 1 aromatic rings. The third-order valence-electron chi connectivity index (χ3n) is 2.05. The highest BCUT2D eigenvalue weighted by molar-refractivity contribution is 5.93. The molecule has 0 atom stereocenters. The third-order valence-corrected chi connectivity index (χ3v) is 2.05. The summed E-state index contributed by atoms with van der Waals surface area (Å²) in [6.45, 7) is 0.245. The van der Waals surface area contributed by atoms with Gasteiger partial charge < -0.3 is 19.5 Å². The van der Waals surface area contributed by atoms with Crippen LogP contribution in [0.3, 0.4) is 0 Å². The Morgan fingerprint density at radius 1 is 1.25 bits per heavy atom. The summed E-state index contributed by atoms with van der Waals surface area (Å²) >= 11 is 0. The summed E-state index contributed by atoms with van der Waals surface area (Å²) < 4.78 is 50.0. The minimum atomic E-state index is -4.82. The minimum Gasteiger partial charge on any atom is -0.404 e. The van der Waals surface area contributed by atoms with E-state index in [1.165, 1.54) is 25.3 Å². The van der Waals surface area contributed by atoms with E-state index in [0.717, 1.165) is 6.07 Å². The lowest BCUT2D eigenvalue weighted by atomic mass is 10.3. The number of rotatable bonds is 7. The first kappa shape index (κ1) is 16.3. The largest absolute Gasteiger partial charge is 0.573 e. The van der Waals surface area contributed by atoms with Crippen molar-refractivity contribution in [2.24, 2.45) is 0 Å². The second kappa shape index (κ2) is 7.71. The van der Waals surface area contributed by atoms with Gasteiger partial charge >= 0.3 is 6.36 Å². The summed E-state index contributed by atoms with van der Waals surface area (Å²) in [7, 11) is 1.48. The molecule has 1 amide bonds. The molecule has 0 unspecified atom stereocenters. The van der Waals surface area contributed by atoms with Gasteiger partial charge in [0.25, 0.3) is 0 Å². The molecule has 5 nitrogen and oxygen atoms in total. The maximum Gasteiger partial charge on any atom is 0.573 e. The van der Waals surface area contributed by atoms with Crippen LogP contribution in [-0.2, 0) is 14.3 Å². The second-order valence-corrected chi connectivity index (χ2v) is 3.64. The number of anilines is 1. The summed E-state index contributed by atoms with van der Waals surface area (Å²) in [6.07, 6.45) is -4.82. The predicted molar refractivity (Wildman–Crippen MR) is 64.4 cm³/mol. The quantitative estimate of drug-likeness (QED) is 0.783. The van der Waals surface area contributed by atoms with Crippen molar-refractivity contribution in [2.75, 3.05) is 32.2 Å². The Morgan fingerprint density at radius 2 is 1.95 bits per heavy atom. The number of hydrogen-bond acceptors (Lipinski definition) is 4. The average Bonchev–Trinajstić information content (AvgIpc) is 2.35. The van der Waals surface area contributed by atoms with Crippen molar-refractivity contribution in [3.63, 3.8) is 0 Å². The zero-order valence-corrected chi connectivity index (χ0v) is 10.7. The predicted octanol–water partition coefficient (Wildman–Crippen LogP) is 2.19. The molecule has 0 fully saturated rings. The molecule has 1 aromatic carbocycles. The van der Waals surface area contributed by atoms with Crippen molar-refractivity contribution < 1.29 is 32.2 Å². The number of benzene rings is 1. The number of para-hydroxylation sites is 2. The van der Waals surface area contributed by atoms with Crippen LogP contribution in [-0.4, -0.2) is 39.2 Å². The molecule has 0 aromatic heterocycles. The van der Waals surface area contributed by atoms with E-state index in [0.29, 0.717) is 6.61 Å². The zero-order chi connectivity index (χ0) is 15.0. The van der Waals surface area contributed by atoms with E-state index in [1.807, 2.05) is 0 Å². The van der Waals surface area contributed by atoms with Crippen molar-refractivity contribution in [1.82, 2.24) is 0 Å². The van der Waals surface area contributed by atoms with Crippen LogP contribution in [0.15, 0.2) is 24.3 Å². The SMILES string of the molecule is COCCOCC(=O)Nc1ccccc1OC(F)(F)F. The molecule has 1 N–H and O–H groups in total. The lowest BCUT2D eigenvalue weighted by Crippen LogP contribution is -2.22. The van der Waals surface area contributed by atoms with Crippen LogP contribution in [0.1, 0.15) is 0 Å². The molecule has 0 saturated heterocycles. The molecule has 0 heterocycles. The zero-order valence-electron chi connectivity index (χ0n) is 10.7. The van der Waals surface area contributed by atoms with E-state index in [1.54, 1.807) is 0 Å². The molecule has 0 aliphatic heterocycles. The normalized spacial score (nSPS) is 11.2. The Kier molecular flexibility index (Phi) is 6.26. The number of halogens is 3. The van der Waals surface area contributed by atoms with Gasteiger partial charge in [-0.05, 0) is 12.1 Å². The summed E-state index contributed by atoms with van der Waals surface area (Å²) in [4.78, 5) is 11.5. The molecular weight excluding hydrogens is 279 g/mol. The Balaban J connectivity index is 2.56. The summed E-state index contributed by atoms with van der Waals surface area (Å²) in [5, 5.41) is 2.28. The average molecular weight is 293 g/mol. The van der Waals surface area contributed by atoms with Gasteiger partial charge in [0.15, 0.2) is 5.75 Å². The molecular formula is C12H14F3NO4. The topological polar surface area (TPSA) is 56.8 Å². The van der Waals surface area contributed by atoms with Gasteiger partial charge in [0.1, 0.15) is 6.61 Å². The van der Waals surface area contributed by atoms with Gasteiger partial charge in [0, 0.05) is 7.11 Å². The number of carbonyl (C=O) groups is 1. The molecule has 112 valence electrons. The van der Waals surface area contributed by atoms with E-state index in [4.69, 9.17) is 9.47 Å². The number of nitrogens with one attached hydrogen (secondary N) is 1. The van der Waals surface area contributed by atoms with Crippen molar-refractivity contribution in [1.29, 1.82) is 0 Å². The van der Waals surface area contributed by atoms with E-state index < -0.39 is 18.0 Å². The minimum absolute atomic E-state index is 0.0785. The van der Waals surface area contributed by atoms with Gasteiger partial charge in [0.2, 0.25) is 5.91 Å². The van der Waals surface area contributed by atoms with Crippen LogP contribution in [0.25, 0.3) is 0 Å².